The third kappa shape index (κ3) is 2.93. The lowest BCUT2D eigenvalue weighted by Gasteiger charge is -2.32. The van der Waals surface area contributed by atoms with E-state index in [-0.39, 0.29) is 34.7 Å². The summed E-state index contributed by atoms with van der Waals surface area (Å²) < 4.78 is 0. The molecule has 2 aliphatic rings. The number of aliphatic hydroxyl groups excluding tert-OH is 1. The quantitative estimate of drug-likeness (QED) is 0.776. The van der Waals surface area contributed by atoms with Crippen LogP contribution in [-0.4, -0.2) is 51.6 Å². The Morgan fingerprint density at radius 3 is 2.76 bits per heavy atom. The Morgan fingerprint density at radius 1 is 1.52 bits per heavy atom. The van der Waals surface area contributed by atoms with E-state index in [1.807, 2.05) is 20.8 Å². The second-order valence-corrected chi connectivity index (χ2v) is 7.85. The summed E-state index contributed by atoms with van der Waals surface area (Å²) in [6.45, 7) is 6.64. The average molecular weight is 314 g/mol. The number of carbonyl (C=O) groups is 2. The minimum absolute atomic E-state index is 0.0695. The minimum Gasteiger partial charge on any atom is -0.396 e. The number of fused-ring (bicyclic) bond motifs is 1. The van der Waals surface area contributed by atoms with Gasteiger partial charge in [-0.25, -0.2) is 0 Å². The Kier molecular flexibility index (Phi) is 4.88. The van der Waals surface area contributed by atoms with Crippen LogP contribution in [0.2, 0.25) is 0 Å². The summed E-state index contributed by atoms with van der Waals surface area (Å²) in [7, 11) is 0. The van der Waals surface area contributed by atoms with E-state index < -0.39 is 0 Å². The van der Waals surface area contributed by atoms with Gasteiger partial charge < -0.3 is 15.3 Å². The van der Waals surface area contributed by atoms with E-state index in [1.54, 1.807) is 16.7 Å². The fourth-order valence-electron chi connectivity index (χ4n) is 3.19. The van der Waals surface area contributed by atoms with Crippen LogP contribution in [-0.2, 0) is 9.59 Å². The molecule has 5 nitrogen and oxygen atoms in total. The first-order valence-corrected chi connectivity index (χ1v) is 8.74. The van der Waals surface area contributed by atoms with Gasteiger partial charge in [-0.15, -0.1) is 11.8 Å². The molecule has 0 aromatic carbocycles. The van der Waals surface area contributed by atoms with Crippen molar-refractivity contribution in [3.05, 3.63) is 0 Å². The van der Waals surface area contributed by atoms with Crippen LogP contribution in [0.25, 0.3) is 0 Å². The Labute approximate surface area is 130 Å². The van der Waals surface area contributed by atoms with Crippen LogP contribution in [0, 0.1) is 5.41 Å². The number of carbonyl (C=O) groups excluding carboxylic acids is 2. The molecule has 0 spiro atoms. The highest BCUT2D eigenvalue weighted by molar-refractivity contribution is 8.01. The number of amides is 2. The van der Waals surface area contributed by atoms with E-state index in [2.05, 4.69) is 5.32 Å². The molecule has 120 valence electrons. The molecule has 2 unspecified atom stereocenters. The largest absolute Gasteiger partial charge is 0.396 e. The third-order valence-corrected chi connectivity index (χ3v) is 6.73. The first kappa shape index (κ1) is 16.6. The van der Waals surface area contributed by atoms with Gasteiger partial charge in [0.05, 0.1) is 11.5 Å². The van der Waals surface area contributed by atoms with Gasteiger partial charge in [0, 0.05) is 24.1 Å². The molecule has 2 heterocycles. The number of thioether (sulfide) groups is 1. The number of hydrogen-bond donors (Lipinski definition) is 2. The van der Waals surface area contributed by atoms with Crippen molar-refractivity contribution in [2.45, 2.75) is 57.4 Å². The lowest BCUT2D eigenvalue weighted by atomic mass is 9.83. The van der Waals surface area contributed by atoms with Crippen LogP contribution in [0.1, 0.15) is 46.5 Å². The molecule has 0 radical (unpaired) electrons. The lowest BCUT2D eigenvalue weighted by molar-refractivity contribution is -0.138. The van der Waals surface area contributed by atoms with Crippen molar-refractivity contribution in [3.8, 4) is 0 Å². The molecule has 2 atom stereocenters. The number of nitrogens with one attached hydrogen (secondary N) is 1. The molecule has 6 heteroatoms. The summed E-state index contributed by atoms with van der Waals surface area (Å²) >= 11 is 1.70. The Balaban J connectivity index is 2.00. The van der Waals surface area contributed by atoms with Gasteiger partial charge in [-0.3, -0.25) is 9.59 Å². The zero-order valence-corrected chi connectivity index (χ0v) is 14.0. The van der Waals surface area contributed by atoms with Crippen molar-refractivity contribution in [2.24, 2.45) is 5.41 Å². The minimum atomic E-state index is -0.361. The van der Waals surface area contributed by atoms with Gasteiger partial charge in [-0.2, -0.15) is 0 Å². The maximum absolute atomic E-state index is 12.5. The van der Waals surface area contributed by atoms with Crippen LogP contribution < -0.4 is 5.32 Å². The van der Waals surface area contributed by atoms with Crippen LogP contribution >= 0.6 is 11.8 Å². The molecule has 2 amide bonds. The normalized spacial score (nSPS) is 28.9. The maximum Gasteiger partial charge on any atom is 0.243 e. The second-order valence-electron chi connectivity index (χ2n) is 6.35. The van der Waals surface area contributed by atoms with Crippen molar-refractivity contribution in [2.75, 3.05) is 18.9 Å². The Hall–Kier alpha value is -0.750. The molecule has 2 fully saturated rings. The highest BCUT2D eigenvalue weighted by atomic mass is 32.2. The fraction of sp³-hybridized carbons (Fsp3) is 0.867. The van der Waals surface area contributed by atoms with E-state index >= 15 is 0 Å². The lowest BCUT2D eigenvalue weighted by Crippen LogP contribution is -2.52. The van der Waals surface area contributed by atoms with Crippen molar-refractivity contribution < 1.29 is 14.7 Å². The zero-order valence-electron chi connectivity index (χ0n) is 13.1. The van der Waals surface area contributed by atoms with Crippen LogP contribution in [0.5, 0.6) is 0 Å². The summed E-state index contributed by atoms with van der Waals surface area (Å²) in [6.07, 6.45) is 3.00. The van der Waals surface area contributed by atoms with Gasteiger partial charge in [-0.05, 0) is 26.2 Å². The van der Waals surface area contributed by atoms with E-state index in [0.717, 1.165) is 19.3 Å². The van der Waals surface area contributed by atoms with Gasteiger partial charge in [0.15, 0.2) is 0 Å². The monoisotopic (exact) mass is 314 g/mol. The Bertz CT molecular complexity index is 417. The van der Waals surface area contributed by atoms with E-state index in [4.69, 9.17) is 0 Å². The maximum atomic E-state index is 12.5. The smallest absolute Gasteiger partial charge is 0.243 e. The Morgan fingerprint density at radius 2 is 2.19 bits per heavy atom. The number of nitrogens with zero attached hydrogens (tertiary/aromatic N) is 1. The predicted octanol–water partition coefficient (Wildman–Crippen LogP) is 1.36. The number of hydrogen-bond acceptors (Lipinski definition) is 4. The SMILES string of the molecule is CCC(CC)(CO)CNC(=O)C1CSC2(C)CCC(=O)N12. The van der Waals surface area contributed by atoms with Gasteiger partial charge >= 0.3 is 0 Å². The van der Waals surface area contributed by atoms with Crippen LogP contribution in [0.3, 0.4) is 0 Å². The summed E-state index contributed by atoms with van der Waals surface area (Å²) in [5, 5.41) is 12.5. The number of rotatable bonds is 6. The standard InChI is InChI=1S/C15H26N2O3S/c1-4-15(5-2,10-18)9-16-13(20)11-8-21-14(3)7-6-12(19)17(11)14/h11,18H,4-10H2,1-3H3,(H,16,20). The van der Waals surface area contributed by atoms with Crippen LogP contribution in [0.4, 0.5) is 0 Å². The third-order valence-electron chi connectivity index (χ3n) is 5.22. The van der Waals surface area contributed by atoms with E-state index in [1.165, 1.54) is 0 Å². The summed E-state index contributed by atoms with van der Waals surface area (Å²) in [5.74, 6) is 0.668. The molecule has 2 rings (SSSR count). The molecular weight excluding hydrogens is 288 g/mol. The highest BCUT2D eigenvalue weighted by Crippen LogP contribution is 2.47. The average Bonchev–Trinajstić information content (AvgIpc) is 2.98. The first-order chi connectivity index (χ1) is 9.91. The van der Waals surface area contributed by atoms with Gasteiger partial charge in [0.25, 0.3) is 0 Å². The van der Waals surface area contributed by atoms with Crippen molar-refractivity contribution in [3.63, 3.8) is 0 Å². The molecule has 2 saturated heterocycles. The molecule has 2 N–H and O–H groups in total. The molecule has 0 aliphatic carbocycles. The zero-order chi connectivity index (χ0) is 15.7. The molecular formula is C15H26N2O3S. The molecule has 0 aromatic heterocycles. The summed E-state index contributed by atoms with van der Waals surface area (Å²) in [4.78, 5) is 26.1. The van der Waals surface area contributed by atoms with Crippen molar-refractivity contribution >= 4 is 23.6 Å². The topological polar surface area (TPSA) is 69.6 Å². The van der Waals surface area contributed by atoms with Crippen molar-refractivity contribution in [1.29, 1.82) is 0 Å². The van der Waals surface area contributed by atoms with Crippen molar-refractivity contribution in [1.82, 2.24) is 10.2 Å². The van der Waals surface area contributed by atoms with Gasteiger partial charge in [-0.1, -0.05) is 13.8 Å². The van der Waals surface area contributed by atoms with Crippen LogP contribution in [0.15, 0.2) is 0 Å². The molecule has 0 saturated carbocycles. The van der Waals surface area contributed by atoms with E-state index in [9.17, 15) is 14.7 Å². The first-order valence-electron chi connectivity index (χ1n) is 7.76. The fourth-order valence-corrected chi connectivity index (χ4v) is 4.62. The second kappa shape index (κ2) is 6.16. The summed E-state index contributed by atoms with van der Waals surface area (Å²) in [5.41, 5.74) is -0.250. The predicted molar refractivity (Wildman–Crippen MR) is 83.8 cm³/mol. The van der Waals surface area contributed by atoms with E-state index in [0.29, 0.717) is 18.7 Å². The molecule has 0 aromatic rings. The molecule has 0 bridgehead atoms. The summed E-state index contributed by atoms with van der Waals surface area (Å²) in [6, 6.07) is -0.361. The molecule has 2 aliphatic heterocycles. The van der Waals surface area contributed by atoms with Gasteiger partial charge in [0.2, 0.25) is 11.8 Å². The van der Waals surface area contributed by atoms with Gasteiger partial charge in [0.1, 0.15) is 6.04 Å². The highest BCUT2D eigenvalue weighted by Gasteiger charge is 2.52. The molecule has 21 heavy (non-hydrogen) atoms. The number of aliphatic hydroxyl groups is 1.